The molecule has 1 aliphatic rings. The Labute approximate surface area is 104 Å². The summed E-state index contributed by atoms with van der Waals surface area (Å²) in [6.07, 6.45) is 6.89. The van der Waals surface area contributed by atoms with E-state index in [4.69, 9.17) is 17.0 Å². The first-order valence-electron chi connectivity index (χ1n) is 6.25. The summed E-state index contributed by atoms with van der Waals surface area (Å²) in [7, 11) is 1.70. The molecule has 1 saturated carbocycles. The van der Waals surface area contributed by atoms with Crippen LogP contribution in [0.3, 0.4) is 0 Å². The molecule has 16 heavy (non-hydrogen) atoms. The first-order valence-corrected chi connectivity index (χ1v) is 6.66. The lowest BCUT2D eigenvalue weighted by Gasteiger charge is -2.17. The number of ether oxygens (including phenoxy) is 1. The minimum Gasteiger partial charge on any atom is -0.383 e. The van der Waals surface area contributed by atoms with Gasteiger partial charge in [-0.25, -0.2) is 0 Å². The van der Waals surface area contributed by atoms with Crippen LogP contribution in [0.25, 0.3) is 0 Å². The van der Waals surface area contributed by atoms with E-state index in [-0.39, 0.29) is 6.04 Å². The maximum atomic E-state index is 5.21. The van der Waals surface area contributed by atoms with E-state index in [1.54, 1.807) is 7.11 Å². The molecule has 0 amide bonds. The van der Waals surface area contributed by atoms with Crippen LogP contribution in [0.15, 0.2) is 0 Å². The van der Waals surface area contributed by atoms with E-state index in [0.29, 0.717) is 6.61 Å². The van der Waals surface area contributed by atoms with Gasteiger partial charge in [0.2, 0.25) is 0 Å². The molecular weight excluding hydrogens is 220 g/mol. The Hall–Kier alpha value is -0.350. The summed E-state index contributed by atoms with van der Waals surface area (Å²) in [4.78, 5) is 0. The lowest BCUT2D eigenvalue weighted by molar-refractivity contribution is 0.179. The fraction of sp³-hybridized carbons (Fsp3) is 0.917. The van der Waals surface area contributed by atoms with Crippen LogP contribution in [0.1, 0.15) is 39.0 Å². The van der Waals surface area contributed by atoms with Crippen molar-refractivity contribution in [3.05, 3.63) is 0 Å². The Morgan fingerprint density at radius 1 is 1.44 bits per heavy atom. The van der Waals surface area contributed by atoms with Gasteiger partial charge < -0.3 is 15.4 Å². The number of methoxy groups -OCH3 is 1. The summed E-state index contributed by atoms with van der Waals surface area (Å²) in [5.41, 5.74) is 0. The van der Waals surface area contributed by atoms with Crippen molar-refractivity contribution < 1.29 is 4.74 Å². The first kappa shape index (κ1) is 13.7. The number of hydrogen-bond acceptors (Lipinski definition) is 2. The average Bonchev–Trinajstić information content (AvgIpc) is 2.70. The maximum Gasteiger partial charge on any atom is 0.166 e. The minimum absolute atomic E-state index is 0.275. The van der Waals surface area contributed by atoms with Crippen molar-refractivity contribution in [2.45, 2.75) is 45.1 Å². The Morgan fingerprint density at radius 3 is 2.75 bits per heavy atom. The van der Waals surface area contributed by atoms with Gasteiger partial charge in [-0.15, -0.1) is 0 Å². The summed E-state index contributed by atoms with van der Waals surface area (Å²) in [5.74, 6) is 0.923. The third-order valence-electron chi connectivity index (χ3n) is 3.11. The van der Waals surface area contributed by atoms with Gasteiger partial charge in [0.25, 0.3) is 0 Å². The minimum atomic E-state index is 0.275. The smallest absolute Gasteiger partial charge is 0.166 e. The highest BCUT2D eigenvalue weighted by Crippen LogP contribution is 2.26. The van der Waals surface area contributed by atoms with Crippen LogP contribution in [0, 0.1) is 5.92 Å². The molecule has 0 aromatic rings. The van der Waals surface area contributed by atoms with Crippen molar-refractivity contribution in [1.29, 1.82) is 0 Å². The van der Waals surface area contributed by atoms with Crippen LogP contribution >= 0.6 is 12.2 Å². The molecule has 0 aromatic carbocycles. The van der Waals surface area contributed by atoms with Crippen LogP contribution < -0.4 is 10.6 Å². The van der Waals surface area contributed by atoms with Gasteiger partial charge in [0.1, 0.15) is 0 Å². The second-order valence-electron chi connectivity index (χ2n) is 4.70. The predicted octanol–water partition coefficient (Wildman–Crippen LogP) is 2.07. The first-order chi connectivity index (χ1) is 7.72. The lowest BCUT2D eigenvalue weighted by atomic mass is 10.0. The van der Waals surface area contributed by atoms with Crippen molar-refractivity contribution in [2.75, 3.05) is 20.3 Å². The average molecular weight is 244 g/mol. The SMILES string of the molecule is COCC(C)NC(=S)NCCC1CCCC1. The number of hydrogen-bond donors (Lipinski definition) is 2. The predicted molar refractivity (Wildman–Crippen MR) is 71.6 cm³/mol. The number of nitrogens with one attached hydrogen (secondary N) is 2. The molecule has 2 N–H and O–H groups in total. The van der Waals surface area contributed by atoms with Crippen molar-refractivity contribution in [3.8, 4) is 0 Å². The molecular formula is C12H24N2OS. The maximum absolute atomic E-state index is 5.21. The van der Waals surface area contributed by atoms with E-state index in [9.17, 15) is 0 Å². The van der Waals surface area contributed by atoms with Crippen LogP contribution in [0.2, 0.25) is 0 Å². The third-order valence-corrected chi connectivity index (χ3v) is 3.37. The fourth-order valence-electron chi connectivity index (χ4n) is 2.26. The van der Waals surface area contributed by atoms with E-state index in [2.05, 4.69) is 17.6 Å². The molecule has 1 unspecified atom stereocenters. The third kappa shape index (κ3) is 5.66. The van der Waals surface area contributed by atoms with Gasteiger partial charge in [0.05, 0.1) is 6.61 Å². The van der Waals surface area contributed by atoms with Crippen molar-refractivity contribution in [1.82, 2.24) is 10.6 Å². The second kappa shape index (κ2) is 7.85. The molecule has 4 heteroatoms. The van der Waals surface area contributed by atoms with E-state index in [1.165, 1.54) is 32.1 Å². The van der Waals surface area contributed by atoms with Gasteiger partial charge in [-0.1, -0.05) is 25.7 Å². The van der Waals surface area contributed by atoms with E-state index >= 15 is 0 Å². The molecule has 1 atom stereocenters. The zero-order valence-corrected chi connectivity index (χ0v) is 11.2. The molecule has 0 heterocycles. The Morgan fingerprint density at radius 2 is 2.12 bits per heavy atom. The van der Waals surface area contributed by atoms with Gasteiger partial charge in [-0.3, -0.25) is 0 Å². The van der Waals surface area contributed by atoms with E-state index in [1.807, 2.05) is 0 Å². The Balaban J connectivity index is 2.01. The molecule has 0 bridgehead atoms. The molecule has 0 radical (unpaired) electrons. The molecule has 0 spiro atoms. The molecule has 1 aliphatic carbocycles. The van der Waals surface area contributed by atoms with Crippen LogP contribution in [-0.2, 0) is 4.74 Å². The van der Waals surface area contributed by atoms with Crippen molar-refractivity contribution in [3.63, 3.8) is 0 Å². The van der Waals surface area contributed by atoms with Gasteiger partial charge in [0, 0.05) is 19.7 Å². The van der Waals surface area contributed by atoms with Crippen LogP contribution in [0.4, 0.5) is 0 Å². The molecule has 0 aliphatic heterocycles. The molecule has 0 saturated heterocycles. The second-order valence-corrected chi connectivity index (χ2v) is 5.10. The number of thiocarbonyl (C=S) groups is 1. The molecule has 1 rings (SSSR count). The monoisotopic (exact) mass is 244 g/mol. The summed E-state index contributed by atoms with van der Waals surface area (Å²) in [6, 6.07) is 0.275. The summed E-state index contributed by atoms with van der Waals surface area (Å²) in [6.45, 7) is 3.75. The van der Waals surface area contributed by atoms with Gasteiger partial charge in [-0.2, -0.15) is 0 Å². The molecule has 0 aromatic heterocycles. The van der Waals surface area contributed by atoms with Crippen molar-refractivity contribution >= 4 is 17.3 Å². The van der Waals surface area contributed by atoms with E-state index in [0.717, 1.165) is 17.6 Å². The lowest BCUT2D eigenvalue weighted by Crippen LogP contribution is -2.42. The highest BCUT2D eigenvalue weighted by atomic mass is 32.1. The molecule has 1 fully saturated rings. The standard InChI is InChI=1S/C12H24N2OS/c1-10(9-15-2)14-12(16)13-8-7-11-5-3-4-6-11/h10-11H,3-9H2,1-2H3,(H2,13,14,16). The zero-order chi connectivity index (χ0) is 11.8. The summed E-state index contributed by atoms with van der Waals surface area (Å²) < 4.78 is 5.04. The zero-order valence-electron chi connectivity index (χ0n) is 10.4. The largest absolute Gasteiger partial charge is 0.383 e. The number of rotatable bonds is 6. The highest BCUT2D eigenvalue weighted by molar-refractivity contribution is 7.80. The Kier molecular flexibility index (Phi) is 6.73. The van der Waals surface area contributed by atoms with Crippen LogP contribution in [-0.4, -0.2) is 31.4 Å². The topological polar surface area (TPSA) is 33.3 Å². The molecule has 94 valence electrons. The quantitative estimate of drug-likeness (QED) is 0.701. The van der Waals surface area contributed by atoms with Gasteiger partial charge >= 0.3 is 0 Å². The fourth-order valence-corrected chi connectivity index (χ4v) is 2.56. The highest BCUT2D eigenvalue weighted by Gasteiger charge is 2.14. The molecule has 3 nitrogen and oxygen atoms in total. The van der Waals surface area contributed by atoms with Crippen molar-refractivity contribution in [2.24, 2.45) is 5.92 Å². The van der Waals surface area contributed by atoms with Gasteiger partial charge in [0.15, 0.2) is 5.11 Å². The normalized spacial score (nSPS) is 18.4. The summed E-state index contributed by atoms with van der Waals surface area (Å²) >= 11 is 5.21. The van der Waals surface area contributed by atoms with Crippen LogP contribution in [0.5, 0.6) is 0 Å². The van der Waals surface area contributed by atoms with E-state index < -0.39 is 0 Å². The Bertz CT molecular complexity index is 205. The van der Waals surface area contributed by atoms with Gasteiger partial charge in [-0.05, 0) is 31.5 Å². The summed E-state index contributed by atoms with van der Waals surface area (Å²) in [5, 5.41) is 7.22.